The number of aliphatic carboxylic acids is 1. The zero-order valence-electron chi connectivity index (χ0n) is 12.3. The molecule has 5 nitrogen and oxygen atoms in total. The molecular weight excluding hydrogens is 288 g/mol. The summed E-state index contributed by atoms with van der Waals surface area (Å²) in [5.74, 6) is -1.11. The molecule has 112 valence electrons. The number of benzene rings is 1. The van der Waals surface area contributed by atoms with Crippen LogP contribution in [-0.4, -0.2) is 22.0 Å². The summed E-state index contributed by atoms with van der Waals surface area (Å²) in [6.45, 7) is 5.54. The van der Waals surface area contributed by atoms with E-state index in [2.05, 4.69) is 10.3 Å². The number of aryl methyl sites for hydroxylation is 1. The summed E-state index contributed by atoms with van der Waals surface area (Å²) in [5, 5.41) is 12.1. The summed E-state index contributed by atoms with van der Waals surface area (Å²) in [5.41, 5.74) is 1.42. The van der Waals surface area contributed by atoms with Crippen molar-refractivity contribution in [1.29, 1.82) is 0 Å². The van der Waals surface area contributed by atoms with Gasteiger partial charge in [-0.15, -0.1) is 0 Å². The fraction of sp³-hybridized carbons (Fsp3) is 0.400. The van der Waals surface area contributed by atoms with E-state index in [1.165, 1.54) is 11.3 Å². The Morgan fingerprint density at radius 3 is 2.71 bits per heavy atom. The molecule has 1 amide bonds. The van der Waals surface area contributed by atoms with Crippen LogP contribution in [0.1, 0.15) is 32.3 Å². The normalized spacial score (nSPS) is 11.6. The number of carbonyl (C=O) groups is 2. The highest BCUT2D eigenvalue weighted by atomic mass is 32.1. The van der Waals surface area contributed by atoms with Gasteiger partial charge in [-0.25, -0.2) is 4.98 Å². The van der Waals surface area contributed by atoms with Crippen molar-refractivity contribution < 1.29 is 14.7 Å². The number of hydrogen-bond donors (Lipinski definition) is 2. The number of thiazole rings is 1. The van der Waals surface area contributed by atoms with Crippen LogP contribution < -0.4 is 5.32 Å². The molecule has 0 aliphatic rings. The quantitative estimate of drug-likeness (QED) is 0.887. The number of rotatable bonds is 5. The minimum absolute atomic E-state index is 0.0422. The van der Waals surface area contributed by atoms with Crippen LogP contribution in [0.4, 0.5) is 5.13 Å². The van der Waals surface area contributed by atoms with Crippen LogP contribution in [0.2, 0.25) is 0 Å². The van der Waals surface area contributed by atoms with Crippen molar-refractivity contribution in [2.24, 2.45) is 5.41 Å². The number of carbonyl (C=O) groups excluding carboxylic acids is 1. The number of nitrogens with zero attached hydrogens (tertiary/aromatic N) is 1. The predicted molar refractivity (Wildman–Crippen MR) is 83.6 cm³/mol. The molecule has 0 saturated carbocycles. The molecule has 0 radical (unpaired) electrons. The summed E-state index contributed by atoms with van der Waals surface area (Å²) in [7, 11) is 0. The Kier molecular flexibility index (Phi) is 4.27. The molecular formula is C15H18N2O3S. The van der Waals surface area contributed by atoms with E-state index in [0.717, 1.165) is 15.8 Å². The summed E-state index contributed by atoms with van der Waals surface area (Å²) in [6.07, 6.45) is 0.105. The van der Waals surface area contributed by atoms with Gasteiger partial charge in [0.05, 0.1) is 16.6 Å². The van der Waals surface area contributed by atoms with Gasteiger partial charge in [0.1, 0.15) is 0 Å². The van der Waals surface area contributed by atoms with Crippen LogP contribution in [-0.2, 0) is 9.59 Å². The maximum atomic E-state index is 12.0. The van der Waals surface area contributed by atoms with Gasteiger partial charge in [0.2, 0.25) is 5.91 Å². The van der Waals surface area contributed by atoms with Gasteiger partial charge in [-0.2, -0.15) is 0 Å². The number of carboxylic acid groups (broad SMARTS) is 1. The number of carboxylic acids is 1. The Bertz CT molecular complexity index is 691. The highest BCUT2D eigenvalue weighted by Gasteiger charge is 2.25. The number of anilines is 1. The second-order valence-electron chi connectivity index (χ2n) is 5.95. The maximum Gasteiger partial charge on any atom is 0.303 e. The van der Waals surface area contributed by atoms with Crippen LogP contribution in [0.15, 0.2) is 18.2 Å². The number of hydrogen-bond acceptors (Lipinski definition) is 4. The fourth-order valence-electron chi connectivity index (χ4n) is 2.16. The Morgan fingerprint density at radius 2 is 2.05 bits per heavy atom. The Hall–Kier alpha value is -1.95. The number of fused-ring (bicyclic) bond motifs is 1. The molecule has 1 aromatic heterocycles. The van der Waals surface area contributed by atoms with E-state index in [-0.39, 0.29) is 18.7 Å². The topological polar surface area (TPSA) is 79.3 Å². The Labute approximate surface area is 127 Å². The molecule has 1 heterocycles. The largest absolute Gasteiger partial charge is 0.481 e. The summed E-state index contributed by atoms with van der Waals surface area (Å²) < 4.78 is 1.02. The molecule has 0 unspecified atom stereocenters. The van der Waals surface area contributed by atoms with E-state index in [0.29, 0.717) is 5.13 Å². The molecule has 0 bridgehead atoms. The first-order valence-electron chi connectivity index (χ1n) is 6.64. The standard InChI is InChI=1S/C15H18N2O3S/c1-9-4-5-10-11(6-9)21-14(16-10)17-12(18)7-15(2,3)8-13(19)20/h4-6H,7-8H2,1-3H3,(H,19,20)(H,16,17,18). The lowest BCUT2D eigenvalue weighted by Gasteiger charge is -2.20. The SMILES string of the molecule is Cc1ccc2nc(NC(=O)CC(C)(C)CC(=O)O)sc2c1. The van der Waals surface area contributed by atoms with Crippen molar-refractivity contribution in [3.05, 3.63) is 23.8 Å². The van der Waals surface area contributed by atoms with Gasteiger partial charge in [0.25, 0.3) is 0 Å². The van der Waals surface area contributed by atoms with Crippen LogP contribution in [0.3, 0.4) is 0 Å². The first-order chi connectivity index (χ1) is 9.75. The second-order valence-corrected chi connectivity index (χ2v) is 6.98. The molecule has 0 saturated heterocycles. The van der Waals surface area contributed by atoms with Gasteiger partial charge in [-0.05, 0) is 30.0 Å². The smallest absolute Gasteiger partial charge is 0.303 e. The third kappa shape index (κ3) is 4.26. The molecule has 1 aromatic carbocycles. The molecule has 6 heteroatoms. The average Bonchev–Trinajstić information content (AvgIpc) is 2.66. The van der Waals surface area contributed by atoms with Crippen LogP contribution >= 0.6 is 11.3 Å². The predicted octanol–water partition coefficient (Wildman–Crippen LogP) is 3.43. The second kappa shape index (κ2) is 5.81. The molecule has 0 aliphatic carbocycles. The van der Waals surface area contributed by atoms with Gasteiger partial charge >= 0.3 is 5.97 Å². The monoisotopic (exact) mass is 306 g/mol. The van der Waals surface area contributed by atoms with Gasteiger partial charge in [-0.3, -0.25) is 9.59 Å². The van der Waals surface area contributed by atoms with Crippen molar-refractivity contribution in [1.82, 2.24) is 4.98 Å². The van der Waals surface area contributed by atoms with Gasteiger partial charge in [0.15, 0.2) is 5.13 Å². The molecule has 2 aromatic rings. The summed E-state index contributed by atoms with van der Waals surface area (Å²) in [6, 6.07) is 5.92. The molecule has 0 fully saturated rings. The fourth-order valence-corrected chi connectivity index (χ4v) is 3.14. The van der Waals surface area contributed by atoms with Crippen molar-refractivity contribution in [3.8, 4) is 0 Å². The van der Waals surface area contributed by atoms with Crippen LogP contribution in [0.25, 0.3) is 10.2 Å². The van der Waals surface area contributed by atoms with Gasteiger partial charge < -0.3 is 10.4 Å². The summed E-state index contributed by atoms with van der Waals surface area (Å²) >= 11 is 1.42. The van der Waals surface area contributed by atoms with Crippen molar-refractivity contribution >= 4 is 38.6 Å². The maximum absolute atomic E-state index is 12.0. The lowest BCUT2D eigenvalue weighted by Crippen LogP contribution is -2.24. The van der Waals surface area contributed by atoms with Crippen LogP contribution in [0.5, 0.6) is 0 Å². The molecule has 2 N–H and O–H groups in total. The molecule has 2 rings (SSSR count). The number of aromatic nitrogens is 1. The Balaban J connectivity index is 2.06. The van der Waals surface area contributed by atoms with E-state index in [9.17, 15) is 9.59 Å². The lowest BCUT2D eigenvalue weighted by molar-refractivity contribution is -0.139. The third-order valence-corrected chi connectivity index (χ3v) is 3.99. The van der Waals surface area contributed by atoms with Crippen molar-refractivity contribution in [3.63, 3.8) is 0 Å². The minimum atomic E-state index is -0.900. The van der Waals surface area contributed by atoms with E-state index in [4.69, 9.17) is 5.11 Å². The van der Waals surface area contributed by atoms with Gasteiger partial charge in [-0.1, -0.05) is 31.3 Å². The molecule has 21 heavy (non-hydrogen) atoms. The molecule has 0 atom stereocenters. The summed E-state index contributed by atoms with van der Waals surface area (Å²) in [4.78, 5) is 27.1. The van der Waals surface area contributed by atoms with Crippen molar-refractivity contribution in [2.75, 3.05) is 5.32 Å². The average molecular weight is 306 g/mol. The van der Waals surface area contributed by atoms with Crippen molar-refractivity contribution in [2.45, 2.75) is 33.6 Å². The first kappa shape index (κ1) is 15.4. The van der Waals surface area contributed by atoms with Crippen LogP contribution in [0, 0.1) is 12.3 Å². The minimum Gasteiger partial charge on any atom is -0.481 e. The zero-order valence-corrected chi connectivity index (χ0v) is 13.1. The van der Waals surface area contributed by atoms with E-state index in [1.54, 1.807) is 13.8 Å². The highest BCUT2D eigenvalue weighted by Crippen LogP contribution is 2.29. The highest BCUT2D eigenvalue weighted by molar-refractivity contribution is 7.22. The third-order valence-electron chi connectivity index (χ3n) is 3.06. The number of amides is 1. The molecule has 0 spiro atoms. The number of nitrogens with one attached hydrogen (secondary N) is 1. The Morgan fingerprint density at radius 1 is 1.33 bits per heavy atom. The lowest BCUT2D eigenvalue weighted by atomic mass is 9.85. The van der Waals surface area contributed by atoms with E-state index >= 15 is 0 Å². The van der Waals surface area contributed by atoms with Gasteiger partial charge in [0, 0.05) is 6.42 Å². The first-order valence-corrected chi connectivity index (χ1v) is 7.46. The van der Waals surface area contributed by atoms with E-state index < -0.39 is 11.4 Å². The van der Waals surface area contributed by atoms with E-state index in [1.807, 2.05) is 25.1 Å². The molecule has 0 aliphatic heterocycles. The zero-order chi connectivity index (χ0) is 15.6.